The molecule has 5 heteroatoms. The van der Waals surface area contributed by atoms with Gasteiger partial charge in [0, 0.05) is 13.1 Å². The van der Waals surface area contributed by atoms with E-state index in [4.69, 9.17) is 0 Å². The number of amides is 2. The minimum absolute atomic E-state index is 0.0808. The Morgan fingerprint density at radius 2 is 1.54 bits per heavy atom. The first-order valence-corrected chi connectivity index (χ1v) is 7.86. The van der Waals surface area contributed by atoms with Crippen molar-refractivity contribution in [3.63, 3.8) is 0 Å². The van der Waals surface area contributed by atoms with Gasteiger partial charge in [0.25, 0.3) is 0 Å². The fraction of sp³-hybridized carbons (Fsp3) is 0.263. The Bertz CT molecular complexity index is 644. The molecule has 0 atom stereocenters. The van der Waals surface area contributed by atoms with Gasteiger partial charge in [0.15, 0.2) is 0 Å². The molecule has 2 rings (SSSR count). The van der Waals surface area contributed by atoms with Crippen molar-refractivity contribution in [3.05, 3.63) is 71.8 Å². The summed E-state index contributed by atoms with van der Waals surface area (Å²) in [6.45, 7) is 0.783. The van der Waals surface area contributed by atoms with E-state index in [2.05, 4.69) is 10.1 Å². The Balaban J connectivity index is 1.92. The summed E-state index contributed by atoms with van der Waals surface area (Å²) in [6.07, 6.45) is 0.740. The fourth-order valence-electron chi connectivity index (χ4n) is 2.29. The monoisotopic (exact) mass is 326 g/mol. The van der Waals surface area contributed by atoms with Gasteiger partial charge in [-0.3, -0.25) is 4.79 Å². The number of carbonyl (C=O) groups excluding carboxylic acids is 2. The first-order chi connectivity index (χ1) is 11.7. The number of benzene rings is 2. The summed E-state index contributed by atoms with van der Waals surface area (Å²) in [5.74, 6) is -0.441. The topological polar surface area (TPSA) is 58.6 Å². The molecule has 0 heterocycles. The van der Waals surface area contributed by atoms with Crippen LogP contribution in [0.3, 0.4) is 0 Å². The number of hydrogen-bond donors (Lipinski definition) is 1. The molecule has 126 valence electrons. The van der Waals surface area contributed by atoms with Crippen LogP contribution in [0.1, 0.15) is 11.1 Å². The largest absolute Gasteiger partial charge is 0.468 e. The van der Waals surface area contributed by atoms with Crippen LogP contribution in [-0.4, -0.2) is 37.1 Å². The lowest BCUT2D eigenvalue weighted by Gasteiger charge is -2.22. The van der Waals surface area contributed by atoms with Crippen LogP contribution < -0.4 is 5.32 Å². The third-order valence-electron chi connectivity index (χ3n) is 3.58. The zero-order valence-corrected chi connectivity index (χ0v) is 13.8. The first kappa shape index (κ1) is 17.5. The van der Waals surface area contributed by atoms with Crippen LogP contribution in [0.2, 0.25) is 0 Å². The highest BCUT2D eigenvalue weighted by atomic mass is 16.5. The van der Waals surface area contributed by atoms with Crippen molar-refractivity contribution < 1.29 is 14.3 Å². The van der Waals surface area contributed by atoms with E-state index in [1.54, 1.807) is 0 Å². The summed E-state index contributed by atoms with van der Waals surface area (Å²) in [5, 5.41) is 2.86. The molecule has 0 bridgehead atoms. The van der Waals surface area contributed by atoms with E-state index in [1.807, 2.05) is 60.7 Å². The summed E-state index contributed by atoms with van der Waals surface area (Å²) < 4.78 is 4.68. The predicted molar refractivity (Wildman–Crippen MR) is 92.4 cm³/mol. The van der Waals surface area contributed by atoms with Crippen LogP contribution in [0.25, 0.3) is 0 Å². The second kappa shape index (κ2) is 9.35. The van der Waals surface area contributed by atoms with E-state index in [9.17, 15) is 9.59 Å². The molecule has 2 amide bonds. The molecule has 2 aromatic carbocycles. The van der Waals surface area contributed by atoms with Crippen molar-refractivity contribution >= 4 is 12.0 Å². The number of esters is 1. The lowest BCUT2D eigenvalue weighted by molar-refractivity contribution is -0.141. The summed E-state index contributed by atoms with van der Waals surface area (Å²) in [7, 11) is 1.32. The SMILES string of the molecule is COC(=O)CN(Cc1ccccc1)C(=O)NCCc1ccccc1. The average molecular weight is 326 g/mol. The van der Waals surface area contributed by atoms with Crippen LogP contribution in [0.4, 0.5) is 4.79 Å². The first-order valence-electron chi connectivity index (χ1n) is 7.86. The molecule has 0 spiro atoms. The van der Waals surface area contributed by atoms with Gasteiger partial charge in [-0.15, -0.1) is 0 Å². The van der Waals surface area contributed by atoms with E-state index < -0.39 is 5.97 Å². The Morgan fingerprint density at radius 3 is 2.12 bits per heavy atom. The Labute approximate surface area is 142 Å². The third kappa shape index (κ3) is 5.76. The van der Waals surface area contributed by atoms with Gasteiger partial charge >= 0.3 is 12.0 Å². The van der Waals surface area contributed by atoms with Gasteiger partial charge in [-0.2, -0.15) is 0 Å². The van der Waals surface area contributed by atoms with Crippen molar-refractivity contribution in [2.24, 2.45) is 0 Å². The number of methoxy groups -OCH3 is 1. The maximum Gasteiger partial charge on any atom is 0.325 e. The molecule has 0 aromatic heterocycles. The van der Waals surface area contributed by atoms with Gasteiger partial charge in [0.05, 0.1) is 7.11 Å². The second-order valence-corrected chi connectivity index (χ2v) is 5.39. The summed E-state index contributed by atoms with van der Waals surface area (Å²) in [4.78, 5) is 25.4. The van der Waals surface area contributed by atoms with Crippen molar-refractivity contribution in [1.29, 1.82) is 0 Å². The van der Waals surface area contributed by atoms with E-state index in [0.717, 1.165) is 17.5 Å². The molecule has 0 aliphatic heterocycles. The van der Waals surface area contributed by atoms with Crippen LogP contribution >= 0.6 is 0 Å². The molecule has 0 saturated carbocycles. The molecule has 5 nitrogen and oxygen atoms in total. The minimum Gasteiger partial charge on any atom is -0.468 e. The lowest BCUT2D eigenvalue weighted by atomic mass is 10.1. The lowest BCUT2D eigenvalue weighted by Crippen LogP contribution is -2.43. The average Bonchev–Trinajstić information content (AvgIpc) is 2.62. The van der Waals surface area contributed by atoms with E-state index in [1.165, 1.54) is 12.0 Å². The fourth-order valence-corrected chi connectivity index (χ4v) is 2.29. The number of urea groups is 1. The van der Waals surface area contributed by atoms with Gasteiger partial charge in [0.1, 0.15) is 6.54 Å². The Morgan fingerprint density at radius 1 is 0.958 bits per heavy atom. The number of ether oxygens (including phenoxy) is 1. The van der Waals surface area contributed by atoms with Gasteiger partial charge in [-0.1, -0.05) is 60.7 Å². The van der Waals surface area contributed by atoms with Crippen LogP contribution in [0.15, 0.2) is 60.7 Å². The van der Waals surface area contributed by atoms with Gasteiger partial charge in [-0.05, 0) is 17.5 Å². The van der Waals surface area contributed by atoms with Crippen molar-refractivity contribution in [1.82, 2.24) is 10.2 Å². The maximum atomic E-state index is 12.4. The third-order valence-corrected chi connectivity index (χ3v) is 3.58. The van der Waals surface area contributed by atoms with E-state index in [-0.39, 0.29) is 12.6 Å². The van der Waals surface area contributed by atoms with Crippen LogP contribution in [0, 0.1) is 0 Å². The number of hydrogen-bond acceptors (Lipinski definition) is 3. The van der Waals surface area contributed by atoms with Crippen LogP contribution in [-0.2, 0) is 22.5 Å². The van der Waals surface area contributed by atoms with Gasteiger partial charge in [-0.25, -0.2) is 4.79 Å². The van der Waals surface area contributed by atoms with Crippen LogP contribution in [0.5, 0.6) is 0 Å². The number of nitrogens with zero attached hydrogens (tertiary/aromatic N) is 1. The highest BCUT2D eigenvalue weighted by molar-refractivity contribution is 5.80. The Hall–Kier alpha value is -2.82. The summed E-state index contributed by atoms with van der Waals surface area (Å²) >= 11 is 0. The molecule has 0 saturated heterocycles. The smallest absolute Gasteiger partial charge is 0.325 e. The quantitative estimate of drug-likeness (QED) is 0.796. The minimum atomic E-state index is -0.441. The number of nitrogens with one attached hydrogen (secondary N) is 1. The second-order valence-electron chi connectivity index (χ2n) is 5.39. The van der Waals surface area contributed by atoms with Gasteiger partial charge < -0.3 is 15.0 Å². The van der Waals surface area contributed by atoms with Crippen molar-refractivity contribution in [3.8, 4) is 0 Å². The molecular formula is C19H22N2O3. The standard InChI is InChI=1S/C19H22N2O3/c1-24-18(22)15-21(14-17-10-6-3-7-11-17)19(23)20-13-12-16-8-4-2-5-9-16/h2-11H,12-15H2,1H3,(H,20,23). The molecule has 24 heavy (non-hydrogen) atoms. The number of carbonyl (C=O) groups is 2. The van der Waals surface area contributed by atoms with Crippen molar-refractivity contribution in [2.45, 2.75) is 13.0 Å². The summed E-state index contributed by atoms with van der Waals surface area (Å²) in [5.41, 5.74) is 2.11. The van der Waals surface area contributed by atoms with Crippen molar-refractivity contribution in [2.75, 3.05) is 20.2 Å². The zero-order valence-electron chi connectivity index (χ0n) is 13.8. The Kier molecular flexibility index (Phi) is 6.83. The zero-order chi connectivity index (χ0) is 17.2. The molecule has 0 unspecified atom stereocenters. The number of rotatable bonds is 7. The molecule has 2 aromatic rings. The normalized spacial score (nSPS) is 10.0. The molecule has 0 fully saturated rings. The molecule has 1 N–H and O–H groups in total. The molecule has 0 aliphatic carbocycles. The highest BCUT2D eigenvalue weighted by Gasteiger charge is 2.17. The summed E-state index contributed by atoms with van der Waals surface area (Å²) in [6, 6.07) is 19.2. The maximum absolute atomic E-state index is 12.4. The van der Waals surface area contributed by atoms with E-state index in [0.29, 0.717) is 13.1 Å². The molecule has 0 radical (unpaired) electrons. The highest BCUT2D eigenvalue weighted by Crippen LogP contribution is 2.05. The van der Waals surface area contributed by atoms with Gasteiger partial charge in [0.2, 0.25) is 0 Å². The predicted octanol–water partition coefficient (Wildman–Crippen LogP) is 2.61. The van der Waals surface area contributed by atoms with E-state index >= 15 is 0 Å². The molecule has 0 aliphatic rings. The molecular weight excluding hydrogens is 304 g/mol.